The van der Waals surface area contributed by atoms with Crippen molar-refractivity contribution >= 4 is 5.91 Å². The third kappa shape index (κ3) is 3.22. The summed E-state index contributed by atoms with van der Waals surface area (Å²) in [5.41, 5.74) is 3.80. The Balaban J connectivity index is 1.83. The minimum absolute atomic E-state index is 0.105. The van der Waals surface area contributed by atoms with Crippen molar-refractivity contribution in [3.63, 3.8) is 0 Å². The molecule has 1 aromatic carbocycles. The first-order valence-corrected chi connectivity index (χ1v) is 8.66. The zero-order valence-electron chi connectivity index (χ0n) is 14.7. The Morgan fingerprint density at radius 1 is 1.33 bits per heavy atom. The van der Waals surface area contributed by atoms with Crippen molar-refractivity contribution in [1.82, 2.24) is 20.0 Å². The second-order valence-electron chi connectivity index (χ2n) is 6.66. The third-order valence-electron chi connectivity index (χ3n) is 4.88. The molecular formula is C19H26N4O. The molecule has 3 rings (SSSR count). The molecule has 5 heteroatoms. The largest absolute Gasteiger partial charge is 0.338 e. The summed E-state index contributed by atoms with van der Waals surface area (Å²) in [7, 11) is 1.97. The van der Waals surface area contributed by atoms with E-state index in [9.17, 15) is 4.79 Å². The Labute approximate surface area is 143 Å². The average Bonchev–Trinajstić information content (AvgIpc) is 2.97. The Bertz CT molecular complexity index is 720. The van der Waals surface area contributed by atoms with Gasteiger partial charge >= 0.3 is 0 Å². The van der Waals surface area contributed by atoms with Crippen molar-refractivity contribution in [2.75, 3.05) is 26.7 Å². The number of benzene rings is 1. The van der Waals surface area contributed by atoms with E-state index in [-0.39, 0.29) is 5.91 Å². The van der Waals surface area contributed by atoms with E-state index >= 15 is 0 Å². The van der Waals surface area contributed by atoms with Gasteiger partial charge in [-0.2, -0.15) is 5.10 Å². The molecule has 0 spiro atoms. The summed E-state index contributed by atoms with van der Waals surface area (Å²) in [5.74, 6) is 0.646. The highest BCUT2D eigenvalue weighted by molar-refractivity contribution is 5.95. The van der Waals surface area contributed by atoms with E-state index in [4.69, 9.17) is 0 Å². The molecule has 0 aliphatic carbocycles. The second-order valence-corrected chi connectivity index (χ2v) is 6.66. The zero-order chi connectivity index (χ0) is 17.1. The lowest BCUT2D eigenvalue weighted by Gasteiger charge is -2.32. The number of nitrogens with one attached hydrogen (secondary N) is 1. The number of piperidine rings is 1. The Morgan fingerprint density at radius 2 is 2.12 bits per heavy atom. The number of hydrogen-bond acceptors (Lipinski definition) is 3. The fourth-order valence-corrected chi connectivity index (χ4v) is 3.54. The van der Waals surface area contributed by atoms with Crippen LogP contribution in [0, 0.1) is 19.8 Å². The molecule has 0 bridgehead atoms. The van der Waals surface area contributed by atoms with Gasteiger partial charge < -0.3 is 10.2 Å². The average molecular weight is 326 g/mol. The molecule has 1 amide bonds. The number of para-hydroxylation sites is 1. The van der Waals surface area contributed by atoms with Crippen molar-refractivity contribution in [2.45, 2.75) is 26.7 Å². The van der Waals surface area contributed by atoms with Crippen LogP contribution < -0.4 is 5.32 Å². The molecule has 24 heavy (non-hydrogen) atoms. The number of aryl methyl sites for hydroxylation is 1. The predicted molar refractivity (Wildman–Crippen MR) is 95.6 cm³/mol. The summed E-state index contributed by atoms with van der Waals surface area (Å²) in [5, 5.41) is 7.70. The molecule has 1 aliphatic rings. The highest BCUT2D eigenvalue weighted by Gasteiger charge is 2.26. The summed E-state index contributed by atoms with van der Waals surface area (Å²) in [4.78, 5) is 14.9. The Kier molecular flexibility index (Phi) is 5.00. The maximum absolute atomic E-state index is 13.0. The first-order valence-electron chi connectivity index (χ1n) is 8.66. The minimum atomic E-state index is 0.105. The van der Waals surface area contributed by atoms with E-state index in [1.54, 1.807) is 6.20 Å². The lowest BCUT2D eigenvalue weighted by molar-refractivity contribution is 0.0673. The van der Waals surface area contributed by atoms with Gasteiger partial charge in [0.15, 0.2) is 0 Å². The van der Waals surface area contributed by atoms with E-state index in [0.29, 0.717) is 11.5 Å². The standard InChI is InChI=1S/C19H26N4O/c1-14-7-4-5-9-18(14)23-15(2)17(12-21-23)19(24)22-10-6-8-16(13-22)11-20-3/h4-5,7,9,12,16,20H,6,8,10-11,13H2,1-3H3. The normalized spacial score (nSPS) is 18.0. The van der Waals surface area contributed by atoms with Gasteiger partial charge in [0.2, 0.25) is 0 Å². The second kappa shape index (κ2) is 7.18. The topological polar surface area (TPSA) is 50.2 Å². The molecule has 1 saturated heterocycles. The predicted octanol–water partition coefficient (Wildman–Crippen LogP) is 2.56. The molecule has 0 radical (unpaired) electrons. The van der Waals surface area contributed by atoms with Crippen LogP contribution >= 0.6 is 0 Å². The van der Waals surface area contributed by atoms with Gasteiger partial charge in [-0.05, 0) is 57.8 Å². The van der Waals surface area contributed by atoms with Gasteiger partial charge in [-0.25, -0.2) is 4.68 Å². The molecule has 1 aromatic heterocycles. The van der Waals surface area contributed by atoms with Crippen molar-refractivity contribution in [2.24, 2.45) is 5.92 Å². The molecule has 5 nitrogen and oxygen atoms in total. The number of aromatic nitrogens is 2. The van der Waals surface area contributed by atoms with Crippen molar-refractivity contribution in [1.29, 1.82) is 0 Å². The first-order chi connectivity index (χ1) is 11.6. The van der Waals surface area contributed by atoms with Gasteiger partial charge in [-0.15, -0.1) is 0 Å². The zero-order valence-corrected chi connectivity index (χ0v) is 14.7. The van der Waals surface area contributed by atoms with Crippen molar-refractivity contribution in [3.05, 3.63) is 47.3 Å². The van der Waals surface area contributed by atoms with E-state index in [1.807, 2.05) is 41.8 Å². The number of amides is 1. The molecule has 128 valence electrons. The van der Waals surface area contributed by atoms with Crippen LogP contribution in [0.4, 0.5) is 0 Å². The molecule has 1 aliphatic heterocycles. The summed E-state index contributed by atoms with van der Waals surface area (Å²) in [6.07, 6.45) is 3.97. The number of carbonyl (C=O) groups is 1. The maximum Gasteiger partial charge on any atom is 0.257 e. The first kappa shape index (κ1) is 16.7. The van der Waals surface area contributed by atoms with E-state index in [2.05, 4.69) is 23.4 Å². The van der Waals surface area contributed by atoms with Crippen LogP contribution in [-0.4, -0.2) is 47.3 Å². The van der Waals surface area contributed by atoms with Gasteiger partial charge in [-0.3, -0.25) is 4.79 Å². The molecule has 1 N–H and O–H groups in total. The lowest BCUT2D eigenvalue weighted by atomic mass is 9.97. The Morgan fingerprint density at radius 3 is 2.88 bits per heavy atom. The highest BCUT2D eigenvalue weighted by atomic mass is 16.2. The SMILES string of the molecule is CNCC1CCCN(C(=O)c2cnn(-c3ccccc3C)c2C)C1. The number of hydrogen-bond donors (Lipinski definition) is 1. The summed E-state index contributed by atoms with van der Waals surface area (Å²) in [6, 6.07) is 8.11. The van der Waals surface area contributed by atoms with E-state index in [0.717, 1.165) is 43.0 Å². The van der Waals surface area contributed by atoms with Crippen molar-refractivity contribution < 1.29 is 4.79 Å². The fraction of sp³-hybridized carbons (Fsp3) is 0.474. The maximum atomic E-state index is 13.0. The van der Waals surface area contributed by atoms with E-state index < -0.39 is 0 Å². The number of rotatable bonds is 4. The van der Waals surface area contributed by atoms with Gasteiger partial charge in [0, 0.05) is 13.1 Å². The van der Waals surface area contributed by atoms with Crippen molar-refractivity contribution in [3.8, 4) is 5.69 Å². The Hall–Kier alpha value is -2.14. The molecule has 1 fully saturated rings. The number of likely N-dealkylation sites (tertiary alicyclic amines) is 1. The monoisotopic (exact) mass is 326 g/mol. The molecule has 2 aromatic rings. The lowest BCUT2D eigenvalue weighted by Crippen LogP contribution is -2.42. The van der Waals surface area contributed by atoms with Crippen LogP contribution in [0.15, 0.2) is 30.5 Å². The van der Waals surface area contributed by atoms with Crippen LogP contribution in [0.5, 0.6) is 0 Å². The summed E-state index contributed by atoms with van der Waals surface area (Å²) in [6.45, 7) is 6.67. The molecule has 0 saturated carbocycles. The smallest absolute Gasteiger partial charge is 0.257 e. The summed E-state index contributed by atoms with van der Waals surface area (Å²) >= 11 is 0. The van der Waals surface area contributed by atoms with Crippen LogP contribution in [0.2, 0.25) is 0 Å². The molecule has 1 atom stereocenters. The molecule has 1 unspecified atom stereocenters. The third-order valence-corrected chi connectivity index (χ3v) is 4.88. The van der Waals surface area contributed by atoms with E-state index in [1.165, 1.54) is 6.42 Å². The van der Waals surface area contributed by atoms with Gasteiger partial charge in [0.25, 0.3) is 5.91 Å². The number of nitrogens with zero attached hydrogens (tertiary/aromatic N) is 3. The highest BCUT2D eigenvalue weighted by Crippen LogP contribution is 2.22. The van der Waals surface area contributed by atoms with Gasteiger partial charge in [0.05, 0.1) is 23.1 Å². The fourth-order valence-electron chi connectivity index (χ4n) is 3.54. The van der Waals surface area contributed by atoms with Crippen LogP contribution in [0.25, 0.3) is 5.69 Å². The van der Waals surface area contributed by atoms with Crippen LogP contribution in [0.1, 0.15) is 34.5 Å². The van der Waals surface area contributed by atoms with Crippen LogP contribution in [0.3, 0.4) is 0 Å². The molecular weight excluding hydrogens is 300 g/mol. The van der Waals surface area contributed by atoms with Gasteiger partial charge in [0.1, 0.15) is 0 Å². The quantitative estimate of drug-likeness (QED) is 0.939. The minimum Gasteiger partial charge on any atom is -0.338 e. The van der Waals surface area contributed by atoms with Gasteiger partial charge in [-0.1, -0.05) is 18.2 Å². The number of carbonyl (C=O) groups excluding carboxylic acids is 1. The summed E-state index contributed by atoms with van der Waals surface area (Å²) < 4.78 is 1.87. The van der Waals surface area contributed by atoms with Crippen LogP contribution in [-0.2, 0) is 0 Å². The molecule has 2 heterocycles.